The highest BCUT2D eigenvalue weighted by atomic mass is 32.2. The maximum atomic E-state index is 12.1. The van der Waals surface area contributed by atoms with Gasteiger partial charge >= 0.3 is 0 Å². The Kier molecular flexibility index (Phi) is 6.87. The molecule has 1 aliphatic rings. The number of amides is 1. The quantitative estimate of drug-likeness (QED) is 0.788. The molecule has 1 amide bonds. The van der Waals surface area contributed by atoms with Gasteiger partial charge in [0.15, 0.2) is 0 Å². The number of likely N-dealkylation sites (N-methyl/N-ethyl adjacent to an activating group) is 1. The average molecular weight is 427 g/mol. The van der Waals surface area contributed by atoms with Crippen molar-refractivity contribution in [1.29, 1.82) is 5.26 Å². The van der Waals surface area contributed by atoms with Gasteiger partial charge in [0.2, 0.25) is 5.91 Å². The third-order valence-corrected chi connectivity index (χ3v) is 6.63. The van der Waals surface area contributed by atoms with Gasteiger partial charge in [-0.25, -0.2) is 13.1 Å². The average Bonchev–Trinajstić information content (AvgIpc) is 2.91. The maximum absolute atomic E-state index is 12.1. The van der Waals surface area contributed by atoms with Gasteiger partial charge in [-0.1, -0.05) is 24.3 Å². The maximum Gasteiger partial charge on any atom is 0.264 e. The molecule has 30 heavy (non-hydrogen) atoms. The number of nitrogens with one attached hydrogen (secondary N) is 1. The van der Waals surface area contributed by atoms with Crippen LogP contribution in [0.3, 0.4) is 0 Å². The Balaban J connectivity index is 1.80. The largest absolute Gasteiger partial charge is 0.305 e. The monoisotopic (exact) mass is 426 g/mol. The van der Waals surface area contributed by atoms with E-state index in [9.17, 15) is 18.5 Å². The van der Waals surface area contributed by atoms with E-state index in [-0.39, 0.29) is 4.90 Å². The number of rotatable bonds is 5. The Morgan fingerprint density at radius 2 is 1.83 bits per heavy atom. The van der Waals surface area contributed by atoms with Crippen molar-refractivity contribution in [2.45, 2.75) is 24.8 Å². The van der Waals surface area contributed by atoms with Crippen LogP contribution in [0.15, 0.2) is 47.4 Å². The second-order valence-corrected chi connectivity index (χ2v) is 9.29. The summed E-state index contributed by atoms with van der Waals surface area (Å²) in [4.78, 5) is 15.8. The van der Waals surface area contributed by atoms with Crippen LogP contribution in [0.25, 0.3) is 11.1 Å². The number of nitriles is 1. The molecule has 1 heterocycles. The molecule has 0 unspecified atom stereocenters. The van der Waals surface area contributed by atoms with Crippen LogP contribution in [0, 0.1) is 11.3 Å². The number of carbonyl (C=O) groups is 1. The van der Waals surface area contributed by atoms with Crippen molar-refractivity contribution in [1.82, 2.24) is 14.5 Å². The van der Waals surface area contributed by atoms with E-state index in [2.05, 4.69) is 22.9 Å². The Morgan fingerprint density at radius 3 is 2.50 bits per heavy atom. The summed E-state index contributed by atoms with van der Waals surface area (Å²) in [5.41, 5.74) is 3.14. The third-order valence-electron chi connectivity index (χ3n) is 5.18. The second-order valence-electron chi connectivity index (χ2n) is 7.61. The van der Waals surface area contributed by atoms with E-state index in [1.807, 2.05) is 22.9 Å². The zero-order chi connectivity index (χ0) is 21.7. The van der Waals surface area contributed by atoms with Crippen molar-refractivity contribution in [3.8, 4) is 17.2 Å². The van der Waals surface area contributed by atoms with E-state index < -0.39 is 15.9 Å². The van der Waals surface area contributed by atoms with E-state index in [4.69, 9.17) is 0 Å². The Hall–Kier alpha value is -2.73. The molecule has 1 fully saturated rings. The lowest BCUT2D eigenvalue weighted by molar-refractivity contribution is -0.117. The Labute approximate surface area is 178 Å². The fourth-order valence-electron chi connectivity index (χ4n) is 3.61. The van der Waals surface area contributed by atoms with Gasteiger partial charge in [0, 0.05) is 26.6 Å². The fraction of sp³-hybridized carbons (Fsp3) is 0.364. The number of hydrogen-bond donors (Lipinski definition) is 1. The van der Waals surface area contributed by atoms with Gasteiger partial charge < -0.3 is 4.90 Å². The highest BCUT2D eigenvalue weighted by molar-refractivity contribution is 7.90. The highest BCUT2D eigenvalue weighted by Gasteiger charge is 2.17. The molecule has 0 saturated carbocycles. The smallest absolute Gasteiger partial charge is 0.264 e. The van der Waals surface area contributed by atoms with Crippen LogP contribution in [0.1, 0.15) is 24.5 Å². The van der Waals surface area contributed by atoms with Gasteiger partial charge in [0.25, 0.3) is 10.0 Å². The third kappa shape index (κ3) is 5.45. The molecule has 2 aromatic rings. The molecule has 0 radical (unpaired) electrons. The van der Waals surface area contributed by atoms with Crippen molar-refractivity contribution < 1.29 is 13.2 Å². The van der Waals surface area contributed by atoms with Crippen LogP contribution in [0.5, 0.6) is 0 Å². The molecule has 0 spiro atoms. The minimum Gasteiger partial charge on any atom is -0.305 e. The van der Waals surface area contributed by atoms with Gasteiger partial charge in [0.1, 0.15) is 0 Å². The topological polar surface area (TPSA) is 93.5 Å². The number of carbonyl (C=O) groups excluding carboxylic acids is 1. The number of nitrogens with zero attached hydrogens (tertiary/aromatic N) is 3. The molecule has 0 atom stereocenters. The first kappa shape index (κ1) is 22.0. The van der Waals surface area contributed by atoms with E-state index in [1.54, 1.807) is 12.1 Å². The van der Waals surface area contributed by atoms with E-state index >= 15 is 0 Å². The summed E-state index contributed by atoms with van der Waals surface area (Å²) in [6, 6.07) is 14.3. The number of sulfonamides is 1. The predicted molar refractivity (Wildman–Crippen MR) is 115 cm³/mol. The molecule has 8 heteroatoms. The second kappa shape index (κ2) is 9.39. The van der Waals surface area contributed by atoms with Crippen LogP contribution in [-0.4, -0.2) is 57.4 Å². The summed E-state index contributed by atoms with van der Waals surface area (Å²) in [5, 5.41) is 9.66. The lowest BCUT2D eigenvalue weighted by Gasteiger charge is -2.20. The minimum atomic E-state index is -3.88. The fourth-order valence-corrected chi connectivity index (χ4v) is 4.60. The lowest BCUT2D eigenvalue weighted by Crippen LogP contribution is -2.28. The Bertz CT molecular complexity index is 1060. The van der Waals surface area contributed by atoms with Gasteiger partial charge in [0.05, 0.1) is 16.5 Å². The van der Waals surface area contributed by atoms with Gasteiger partial charge in [-0.05, 0) is 61.4 Å². The molecule has 3 rings (SSSR count). The minimum absolute atomic E-state index is 0.00251. The van der Waals surface area contributed by atoms with Crippen LogP contribution in [-0.2, 0) is 21.4 Å². The van der Waals surface area contributed by atoms with Crippen molar-refractivity contribution in [2.75, 3.05) is 33.2 Å². The summed E-state index contributed by atoms with van der Waals surface area (Å²) in [6.07, 6.45) is 1.13. The van der Waals surface area contributed by atoms with Crippen LogP contribution >= 0.6 is 0 Å². The standard InChI is InChI=1S/C22H26N4O3S/c1-17(27)24-30(28,29)21-7-5-19(6-8-21)22-9-4-18(14-20(22)15-23)16-26-11-3-10-25(2)12-13-26/h4-9,14H,3,10-13,16H2,1-2H3,(H,24,27). The van der Waals surface area contributed by atoms with E-state index in [1.165, 1.54) is 12.1 Å². The molecule has 0 bridgehead atoms. The predicted octanol–water partition coefficient (Wildman–Crippen LogP) is 2.19. The summed E-state index contributed by atoms with van der Waals surface area (Å²) in [6.45, 7) is 6.14. The van der Waals surface area contributed by atoms with E-state index in [0.717, 1.165) is 62.8 Å². The molecular weight excluding hydrogens is 400 g/mol. The van der Waals surface area contributed by atoms with Crippen molar-refractivity contribution in [3.05, 3.63) is 53.6 Å². The first-order chi connectivity index (χ1) is 14.3. The Morgan fingerprint density at radius 1 is 1.10 bits per heavy atom. The molecule has 0 aromatic heterocycles. The zero-order valence-electron chi connectivity index (χ0n) is 17.3. The van der Waals surface area contributed by atoms with Gasteiger partial charge in [-0.15, -0.1) is 0 Å². The molecule has 7 nitrogen and oxygen atoms in total. The number of hydrogen-bond acceptors (Lipinski definition) is 6. The summed E-state index contributed by atoms with van der Waals surface area (Å²) >= 11 is 0. The van der Waals surface area contributed by atoms with Crippen molar-refractivity contribution in [2.24, 2.45) is 0 Å². The van der Waals surface area contributed by atoms with Crippen molar-refractivity contribution >= 4 is 15.9 Å². The summed E-state index contributed by atoms with van der Waals surface area (Å²) in [7, 11) is -1.74. The normalized spacial score (nSPS) is 15.9. The molecule has 2 aromatic carbocycles. The molecule has 1 aliphatic heterocycles. The first-order valence-corrected chi connectivity index (χ1v) is 11.3. The molecule has 0 aliphatic carbocycles. The number of benzene rings is 2. The lowest BCUT2D eigenvalue weighted by atomic mass is 9.98. The highest BCUT2D eigenvalue weighted by Crippen LogP contribution is 2.26. The molecule has 1 saturated heterocycles. The molecule has 158 valence electrons. The molecule has 1 N–H and O–H groups in total. The van der Waals surface area contributed by atoms with Crippen LogP contribution in [0.2, 0.25) is 0 Å². The van der Waals surface area contributed by atoms with Crippen LogP contribution < -0.4 is 4.72 Å². The first-order valence-electron chi connectivity index (χ1n) is 9.86. The van der Waals surface area contributed by atoms with Crippen LogP contribution in [0.4, 0.5) is 0 Å². The summed E-state index contributed by atoms with van der Waals surface area (Å²) < 4.78 is 26.1. The summed E-state index contributed by atoms with van der Waals surface area (Å²) in [5.74, 6) is -0.641. The zero-order valence-corrected chi connectivity index (χ0v) is 18.1. The van der Waals surface area contributed by atoms with Gasteiger partial charge in [-0.2, -0.15) is 5.26 Å². The van der Waals surface area contributed by atoms with Gasteiger partial charge in [-0.3, -0.25) is 9.69 Å². The van der Waals surface area contributed by atoms with Crippen molar-refractivity contribution in [3.63, 3.8) is 0 Å². The van der Waals surface area contributed by atoms with E-state index in [0.29, 0.717) is 5.56 Å². The molecular formula is C22H26N4O3S. The SMILES string of the molecule is CC(=O)NS(=O)(=O)c1ccc(-c2ccc(CN3CCCN(C)CC3)cc2C#N)cc1.